The number of halogens is 1. The zero-order valence-electron chi connectivity index (χ0n) is 9.74. The Hall–Kier alpha value is -0.740. The average molecular weight is 240 g/mol. The number of aryl methyl sites for hydroxylation is 1. The van der Waals surface area contributed by atoms with Gasteiger partial charge in [-0.3, -0.25) is 0 Å². The van der Waals surface area contributed by atoms with Crippen LogP contribution in [-0.4, -0.2) is 36.7 Å². The summed E-state index contributed by atoms with van der Waals surface area (Å²) >= 11 is 1.78. The van der Waals surface area contributed by atoms with E-state index in [1.807, 2.05) is 12.1 Å². The van der Waals surface area contributed by atoms with Crippen LogP contribution in [0.4, 0.5) is 10.1 Å². The third-order valence-corrected chi connectivity index (χ3v) is 3.90. The molecule has 1 aliphatic heterocycles. The fourth-order valence-electron chi connectivity index (χ4n) is 1.91. The van der Waals surface area contributed by atoms with Gasteiger partial charge in [-0.2, -0.15) is 0 Å². The molecule has 88 valence electrons. The van der Waals surface area contributed by atoms with Crippen LogP contribution in [0.25, 0.3) is 0 Å². The zero-order chi connectivity index (χ0) is 11.5. The Bertz CT molecular complexity index is 362. The number of piperazine rings is 1. The second kappa shape index (κ2) is 5.06. The molecule has 0 unspecified atom stereocenters. The van der Waals surface area contributed by atoms with Gasteiger partial charge in [-0.05, 0) is 30.9 Å². The summed E-state index contributed by atoms with van der Waals surface area (Å²) in [6.45, 7) is 5.82. The minimum atomic E-state index is -0.107. The van der Waals surface area contributed by atoms with Crippen molar-refractivity contribution in [2.24, 2.45) is 0 Å². The van der Waals surface area contributed by atoms with Gasteiger partial charge >= 0.3 is 0 Å². The van der Waals surface area contributed by atoms with Gasteiger partial charge in [0.25, 0.3) is 0 Å². The Kier molecular flexibility index (Phi) is 3.71. The molecule has 1 heterocycles. The topological polar surface area (TPSA) is 6.48 Å². The van der Waals surface area contributed by atoms with Crippen molar-refractivity contribution in [1.29, 1.82) is 0 Å². The summed E-state index contributed by atoms with van der Waals surface area (Å²) < 4.78 is 15.8. The molecular weight excluding hydrogens is 223 g/mol. The predicted molar refractivity (Wildman–Crippen MR) is 68.4 cm³/mol. The molecule has 0 radical (unpaired) electrons. The summed E-state index contributed by atoms with van der Waals surface area (Å²) in [5.74, 6) is -0.107. The Balaban J connectivity index is 2.05. The van der Waals surface area contributed by atoms with E-state index < -0.39 is 0 Å². The van der Waals surface area contributed by atoms with Gasteiger partial charge in [0.05, 0.1) is 0 Å². The summed E-state index contributed by atoms with van der Waals surface area (Å²) in [7, 11) is 0. The van der Waals surface area contributed by atoms with E-state index in [0.717, 1.165) is 31.9 Å². The van der Waals surface area contributed by atoms with E-state index in [-0.39, 0.29) is 5.82 Å². The Labute approximate surface area is 101 Å². The van der Waals surface area contributed by atoms with E-state index in [4.69, 9.17) is 0 Å². The number of rotatable bonds is 2. The van der Waals surface area contributed by atoms with Gasteiger partial charge < -0.3 is 4.90 Å². The highest BCUT2D eigenvalue weighted by molar-refractivity contribution is 7.96. The third-order valence-electron chi connectivity index (χ3n) is 3.02. The molecule has 2 rings (SSSR count). The van der Waals surface area contributed by atoms with E-state index >= 15 is 0 Å². The lowest BCUT2D eigenvalue weighted by molar-refractivity contribution is 0.430. The highest BCUT2D eigenvalue weighted by atomic mass is 32.2. The lowest BCUT2D eigenvalue weighted by atomic mass is 10.2. The molecule has 0 saturated carbocycles. The molecule has 0 aliphatic carbocycles. The molecule has 1 fully saturated rings. The van der Waals surface area contributed by atoms with Gasteiger partial charge in [-0.25, -0.2) is 8.70 Å². The van der Waals surface area contributed by atoms with E-state index in [1.54, 1.807) is 24.9 Å². The lowest BCUT2D eigenvalue weighted by Gasteiger charge is -2.34. The first kappa shape index (κ1) is 11.7. The largest absolute Gasteiger partial charge is 0.369 e. The molecule has 0 N–H and O–H groups in total. The summed E-state index contributed by atoms with van der Waals surface area (Å²) in [6.07, 6.45) is 2.10. The van der Waals surface area contributed by atoms with Crippen molar-refractivity contribution in [3.8, 4) is 0 Å². The van der Waals surface area contributed by atoms with E-state index in [2.05, 4.69) is 15.5 Å². The normalized spacial score (nSPS) is 17.8. The van der Waals surface area contributed by atoms with Crippen LogP contribution in [0, 0.1) is 12.7 Å². The maximum absolute atomic E-state index is 13.4. The molecule has 1 aromatic carbocycles. The van der Waals surface area contributed by atoms with E-state index in [9.17, 15) is 4.39 Å². The molecule has 0 aromatic heterocycles. The van der Waals surface area contributed by atoms with Crippen LogP contribution in [0.5, 0.6) is 0 Å². The first-order chi connectivity index (χ1) is 7.70. The van der Waals surface area contributed by atoms with Crippen LogP contribution in [0.3, 0.4) is 0 Å². The van der Waals surface area contributed by atoms with Crippen LogP contribution in [0.2, 0.25) is 0 Å². The first-order valence-electron chi connectivity index (χ1n) is 5.51. The fourth-order valence-corrected chi connectivity index (χ4v) is 2.44. The second-order valence-electron chi connectivity index (χ2n) is 4.03. The lowest BCUT2D eigenvalue weighted by Crippen LogP contribution is -2.43. The summed E-state index contributed by atoms with van der Waals surface area (Å²) in [4.78, 5) is 2.25. The van der Waals surface area contributed by atoms with Crippen molar-refractivity contribution in [3.63, 3.8) is 0 Å². The number of hydrogen-bond donors (Lipinski definition) is 0. The van der Waals surface area contributed by atoms with Gasteiger partial charge in [0.15, 0.2) is 0 Å². The molecule has 0 amide bonds. The van der Waals surface area contributed by atoms with Crippen LogP contribution in [-0.2, 0) is 0 Å². The maximum Gasteiger partial charge on any atom is 0.128 e. The van der Waals surface area contributed by atoms with Crippen LogP contribution < -0.4 is 4.90 Å². The number of hydrogen-bond acceptors (Lipinski definition) is 3. The standard InChI is InChI=1S/C12H17FN2S/c1-10-3-4-11(9-12(10)13)14-5-7-15(16-2)8-6-14/h3-4,9H,5-8H2,1-2H3. The van der Waals surface area contributed by atoms with Crippen molar-refractivity contribution < 1.29 is 4.39 Å². The van der Waals surface area contributed by atoms with Gasteiger partial charge in [-0.1, -0.05) is 18.0 Å². The van der Waals surface area contributed by atoms with Crippen molar-refractivity contribution in [1.82, 2.24) is 4.31 Å². The summed E-state index contributed by atoms with van der Waals surface area (Å²) in [5.41, 5.74) is 1.72. The Morgan fingerprint density at radius 2 is 1.88 bits per heavy atom. The monoisotopic (exact) mass is 240 g/mol. The molecule has 4 heteroatoms. The second-order valence-corrected chi connectivity index (χ2v) is 4.91. The van der Waals surface area contributed by atoms with Gasteiger partial charge in [0, 0.05) is 31.9 Å². The van der Waals surface area contributed by atoms with Crippen LogP contribution in [0.15, 0.2) is 18.2 Å². The molecule has 1 saturated heterocycles. The SMILES string of the molecule is CSN1CCN(c2ccc(C)c(F)c2)CC1. The average Bonchev–Trinajstić information content (AvgIpc) is 2.33. The summed E-state index contributed by atoms with van der Waals surface area (Å²) in [5, 5.41) is 0. The number of anilines is 1. The highest BCUT2D eigenvalue weighted by Gasteiger charge is 2.16. The quantitative estimate of drug-likeness (QED) is 0.734. The van der Waals surface area contributed by atoms with Crippen LogP contribution >= 0.6 is 11.9 Å². The van der Waals surface area contributed by atoms with Crippen molar-refractivity contribution in [3.05, 3.63) is 29.6 Å². The van der Waals surface area contributed by atoms with E-state index in [1.165, 1.54) is 0 Å². The minimum absolute atomic E-state index is 0.107. The van der Waals surface area contributed by atoms with Crippen molar-refractivity contribution >= 4 is 17.6 Å². The fraction of sp³-hybridized carbons (Fsp3) is 0.500. The molecule has 2 nitrogen and oxygen atoms in total. The molecule has 1 aliphatic rings. The number of benzene rings is 1. The third kappa shape index (κ3) is 2.50. The Morgan fingerprint density at radius 3 is 2.44 bits per heavy atom. The maximum atomic E-state index is 13.4. The minimum Gasteiger partial charge on any atom is -0.369 e. The van der Waals surface area contributed by atoms with Gasteiger partial charge in [-0.15, -0.1) is 0 Å². The molecule has 16 heavy (non-hydrogen) atoms. The molecule has 0 atom stereocenters. The van der Waals surface area contributed by atoms with Crippen molar-refractivity contribution in [2.45, 2.75) is 6.92 Å². The molecule has 1 aromatic rings. The molecule has 0 spiro atoms. The van der Waals surface area contributed by atoms with Crippen LogP contribution in [0.1, 0.15) is 5.56 Å². The van der Waals surface area contributed by atoms with E-state index in [0.29, 0.717) is 5.56 Å². The Morgan fingerprint density at radius 1 is 1.19 bits per heavy atom. The summed E-state index contributed by atoms with van der Waals surface area (Å²) in [6, 6.07) is 5.50. The van der Waals surface area contributed by atoms with Crippen molar-refractivity contribution in [2.75, 3.05) is 37.3 Å². The zero-order valence-corrected chi connectivity index (χ0v) is 10.6. The van der Waals surface area contributed by atoms with Gasteiger partial charge in [0.2, 0.25) is 0 Å². The number of nitrogens with zero attached hydrogens (tertiary/aromatic N) is 2. The van der Waals surface area contributed by atoms with Gasteiger partial charge in [0.1, 0.15) is 5.82 Å². The smallest absolute Gasteiger partial charge is 0.128 e. The predicted octanol–water partition coefficient (Wildman–Crippen LogP) is 2.53. The first-order valence-corrected chi connectivity index (χ1v) is 6.69. The highest BCUT2D eigenvalue weighted by Crippen LogP contribution is 2.21. The molecular formula is C12H17FN2S. The molecule has 0 bridgehead atoms.